The van der Waals surface area contributed by atoms with Crippen LogP contribution in [-0.4, -0.2) is 21.3 Å². The maximum absolute atomic E-state index is 6.54. The normalized spacial score (nSPS) is 12.8. The summed E-state index contributed by atoms with van der Waals surface area (Å²) in [6, 6.07) is 20.6. The maximum atomic E-state index is 6.54. The van der Waals surface area contributed by atoms with Gasteiger partial charge in [-0.25, -0.2) is 0 Å². The molecule has 3 heteroatoms. The van der Waals surface area contributed by atoms with Gasteiger partial charge in [-0.2, -0.15) is 0 Å². The van der Waals surface area contributed by atoms with Gasteiger partial charge in [0.25, 0.3) is 0 Å². The van der Waals surface area contributed by atoms with Crippen molar-refractivity contribution in [2.75, 3.05) is 6.61 Å². The Kier molecular flexibility index (Phi) is 6.13. The maximum Gasteiger partial charge on any atom is 0.407 e. The number of rotatable bonds is 8. The topological polar surface area (TPSA) is 18.5 Å². The van der Waals surface area contributed by atoms with Crippen LogP contribution in [0.2, 0.25) is 0 Å². The fraction of sp³-hybridized carbons (Fsp3) is 0.263. The van der Waals surface area contributed by atoms with E-state index in [-0.39, 0.29) is 6.10 Å². The molecule has 0 aliphatic rings. The molecule has 1 unspecified atom stereocenters. The van der Waals surface area contributed by atoms with E-state index < -0.39 is 8.56 Å². The molecule has 0 amide bonds. The fourth-order valence-electron chi connectivity index (χ4n) is 2.59. The van der Waals surface area contributed by atoms with E-state index in [2.05, 4.69) is 37.8 Å². The van der Waals surface area contributed by atoms with Crippen LogP contribution in [0.15, 0.2) is 73.3 Å². The highest BCUT2D eigenvalue weighted by Gasteiger charge is 2.43. The van der Waals surface area contributed by atoms with E-state index in [1.54, 1.807) is 0 Å². The SMILES string of the molecule is C=CCC(C)O[Si](OCC)(c1ccccc1)c1ccccc1. The Morgan fingerprint density at radius 2 is 1.50 bits per heavy atom. The summed E-state index contributed by atoms with van der Waals surface area (Å²) in [5.41, 5.74) is 0. The molecule has 0 aromatic heterocycles. The molecule has 0 aliphatic carbocycles. The first-order valence-electron chi connectivity index (χ1n) is 7.76. The molecule has 1 atom stereocenters. The Morgan fingerprint density at radius 1 is 1.00 bits per heavy atom. The number of benzene rings is 2. The predicted molar refractivity (Wildman–Crippen MR) is 94.9 cm³/mol. The molecule has 116 valence electrons. The lowest BCUT2D eigenvalue weighted by Crippen LogP contribution is -2.64. The van der Waals surface area contributed by atoms with E-state index >= 15 is 0 Å². The van der Waals surface area contributed by atoms with Crippen LogP contribution in [0.25, 0.3) is 0 Å². The monoisotopic (exact) mass is 312 g/mol. The molecule has 22 heavy (non-hydrogen) atoms. The Morgan fingerprint density at radius 3 is 1.91 bits per heavy atom. The second-order valence-corrected chi connectivity index (χ2v) is 8.15. The van der Waals surface area contributed by atoms with Gasteiger partial charge in [-0.15, -0.1) is 6.58 Å². The summed E-state index contributed by atoms with van der Waals surface area (Å²) in [6.07, 6.45) is 2.77. The van der Waals surface area contributed by atoms with Crippen molar-refractivity contribution in [3.05, 3.63) is 73.3 Å². The zero-order valence-electron chi connectivity index (χ0n) is 13.4. The molecule has 0 spiro atoms. The third-order valence-corrected chi connectivity index (χ3v) is 7.14. The fourth-order valence-corrected chi connectivity index (χ4v) is 5.93. The van der Waals surface area contributed by atoms with Crippen molar-refractivity contribution in [3.63, 3.8) is 0 Å². The van der Waals surface area contributed by atoms with Gasteiger partial charge < -0.3 is 8.85 Å². The van der Waals surface area contributed by atoms with Crippen molar-refractivity contribution in [1.29, 1.82) is 0 Å². The third kappa shape index (κ3) is 3.74. The summed E-state index contributed by atoms with van der Waals surface area (Å²) in [6.45, 7) is 8.54. The average molecular weight is 312 g/mol. The van der Waals surface area contributed by atoms with Crippen LogP contribution in [0.5, 0.6) is 0 Å². The molecule has 0 saturated heterocycles. The van der Waals surface area contributed by atoms with E-state index in [1.807, 2.05) is 49.4 Å². The molecule has 0 N–H and O–H groups in total. The summed E-state index contributed by atoms with van der Waals surface area (Å²) in [4.78, 5) is 0. The van der Waals surface area contributed by atoms with Crippen LogP contribution in [0.4, 0.5) is 0 Å². The molecule has 0 saturated carbocycles. The minimum Gasteiger partial charge on any atom is -0.388 e. The minimum absolute atomic E-state index is 0.0659. The van der Waals surface area contributed by atoms with E-state index in [9.17, 15) is 0 Å². The van der Waals surface area contributed by atoms with Gasteiger partial charge in [-0.05, 0) is 30.6 Å². The predicted octanol–water partition coefficient (Wildman–Crippen LogP) is 3.26. The molecule has 0 heterocycles. The molecule has 2 aromatic carbocycles. The first-order valence-corrected chi connectivity index (χ1v) is 9.58. The Hall–Kier alpha value is -1.68. The smallest absolute Gasteiger partial charge is 0.388 e. The second kappa shape index (κ2) is 8.08. The lowest BCUT2D eigenvalue weighted by atomic mass is 10.3. The Labute approximate surface area is 134 Å². The van der Waals surface area contributed by atoms with Gasteiger partial charge >= 0.3 is 8.56 Å². The zero-order chi connectivity index (χ0) is 15.8. The number of hydrogen-bond donors (Lipinski definition) is 0. The molecule has 0 aliphatic heterocycles. The molecule has 2 nitrogen and oxygen atoms in total. The highest BCUT2D eigenvalue weighted by molar-refractivity contribution is 6.92. The summed E-state index contributed by atoms with van der Waals surface area (Å²) in [7, 11) is -2.70. The summed E-state index contributed by atoms with van der Waals surface area (Å²) >= 11 is 0. The van der Waals surface area contributed by atoms with Gasteiger partial charge in [0.1, 0.15) is 0 Å². The molecular formula is C19H24O2Si. The molecule has 0 fully saturated rings. The molecule has 2 rings (SSSR count). The van der Waals surface area contributed by atoms with Crippen LogP contribution in [-0.2, 0) is 8.85 Å². The van der Waals surface area contributed by atoms with Crippen LogP contribution >= 0.6 is 0 Å². The van der Waals surface area contributed by atoms with Crippen molar-refractivity contribution in [2.45, 2.75) is 26.4 Å². The largest absolute Gasteiger partial charge is 0.407 e. The summed E-state index contributed by atoms with van der Waals surface area (Å²) in [5, 5.41) is 2.28. The Balaban J connectivity index is 2.51. The average Bonchev–Trinajstić information content (AvgIpc) is 2.56. The van der Waals surface area contributed by atoms with Gasteiger partial charge in [0.15, 0.2) is 0 Å². The van der Waals surface area contributed by atoms with Gasteiger partial charge in [-0.1, -0.05) is 66.7 Å². The van der Waals surface area contributed by atoms with Crippen molar-refractivity contribution in [1.82, 2.24) is 0 Å². The zero-order valence-corrected chi connectivity index (χ0v) is 14.4. The molecule has 2 aromatic rings. The highest BCUT2D eigenvalue weighted by atomic mass is 28.4. The quantitative estimate of drug-likeness (QED) is 0.550. The van der Waals surface area contributed by atoms with Crippen LogP contribution in [0.3, 0.4) is 0 Å². The van der Waals surface area contributed by atoms with Crippen LogP contribution in [0, 0.1) is 0 Å². The van der Waals surface area contributed by atoms with Crippen LogP contribution in [0.1, 0.15) is 20.3 Å². The lowest BCUT2D eigenvalue weighted by Gasteiger charge is -2.33. The van der Waals surface area contributed by atoms with Gasteiger partial charge in [0.05, 0.1) is 0 Å². The first kappa shape index (κ1) is 16.7. The van der Waals surface area contributed by atoms with Crippen LogP contribution < -0.4 is 10.4 Å². The summed E-state index contributed by atoms with van der Waals surface area (Å²) < 4.78 is 12.8. The first-order chi connectivity index (χ1) is 10.7. The van der Waals surface area contributed by atoms with E-state index in [4.69, 9.17) is 8.85 Å². The molecule has 0 radical (unpaired) electrons. The van der Waals surface area contributed by atoms with Crippen molar-refractivity contribution in [3.8, 4) is 0 Å². The van der Waals surface area contributed by atoms with E-state index in [1.165, 1.54) is 0 Å². The van der Waals surface area contributed by atoms with Crippen molar-refractivity contribution in [2.24, 2.45) is 0 Å². The second-order valence-electron chi connectivity index (χ2n) is 5.23. The van der Waals surface area contributed by atoms with E-state index in [0.29, 0.717) is 6.61 Å². The summed E-state index contributed by atoms with van der Waals surface area (Å²) in [5.74, 6) is 0. The molecule has 0 bridgehead atoms. The molecular weight excluding hydrogens is 288 g/mol. The number of hydrogen-bond acceptors (Lipinski definition) is 2. The standard InChI is InChI=1S/C19H24O2Si/c1-4-12-17(3)21-22(20-5-2,18-13-8-6-9-14-18)19-15-10-7-11-16-19/h4,6-11,13-17H,1,5,12H2,2-3H3. The Bertz CT molecular complexity index is 529. The highest BCUT2D eigenvalue weighted by Crippen LogP contribution is 2.14. The minimum atomic E-state index is -2.70. The van der Waals surface area contributed by atoms with Gasteiger partial charge in [0, 0.05) is 12.7 Å². The lowest BCUT2D eigenvalue weighted by molar-refractivity contribution is 0.148. The van der Waals surface area contributed by atoms with E-state index in [0.717, 1.165) is 16.8 Å². The van der Waals surface area contributed by atoms with Crippen molar-refractivity contribution < 1.29 is 8.85 Å². The third-order valence-electron chi connectivity index (χ3n) is 3.52. The van der Waals surface area contributed by atoms with Gasteiger partial charge in [-0.3, -0.25) is 0 Å². The van der Waals surface area contributed by atoms with Gasteiger partial charge in [0.2, 0.25) is 0 Å². The van der Waals surface area contributed by atoms with Crippen molar-refractivity contribution >= 4 is 18.9 Å².